The van der Waals surface area contributed by atoms with Crippen LogP contribution in [-0.4, -0.2) is 33.8 Å². The summed E-state index contributed by atoms with van der Waals surface area (Å²) in [5, 5.41) is 3.59. The van der Waals surface area contributed by atoms with E-state index in [-0.39, 0.29) is 0 Å². The lowest BCUT2D eigenvalue weighted by molar-refractivity contribution is 0.190. The number of para-hydroxylation sites is 2. The van der Waals surface area contributed by atoms with Gasteiger partial charge in [0.25, 0.3) is 0 Å². The fourth-order valence-electron chi connectivity index (χ4n) is 3.62. The standard InChI is InChI=1S/C18H30N2O/c1-4-19-14-18(12-8-5-9-13-18)15-20(2)16-10-6-7-11-17(16)21-3/h6-7,10-11,19H,4-5,8-9,12-15H2,1-3H3. The Bertz CT molecular complexity index is 427. The molecule has 21 heavy (non-hydrogen) atoms. The van der Waals surface area contributed by atoms with E-state index >= 15 is 0 Å². The van der Waals surface area contributed by atoms with E-state index in [2.05, 4.69) is 36.3 Å². The van der Waals surface area contributed by atoms with Crippen molar-refractivity contribution in [1.29, 1.82) is 0 Å². The fraction of sp³-hybridized carbons (Fsp3) is 0.667. The molecule has 118 valence electrons. The van der Waals surface area contributed by atoms with Gasteiger partial charge in [0.1, 0.15) is 5.75 Å². The predicted octanol–water partition coefficient (Wildman–Crippen LogP) is 3.69. The summed E-state index contributed by atoms with van der Waals surface area (Å²) < 4.78 is 5.51. The molecule has 3 heteroatoms. The molecule has 3 nitrogen and oxygen atoms in total. The SMILES string of the molecule is CCNCC1(CN(C)c2ccccc2OC)CCCCC1. The summed E-state index contributed by atoms with van der Waals surface area (Å²) in [5.41, 5.74) is 1.60. The topological polar surface area (TPSA) is 24.5 Å². The van der Waals surface area contributed by atoms with Gasteiger partial charge in [0, 0.05) is 25.6 Å². The molecule has 2 rings (SSSR count). The fourth-order valence-corrected chi connectivity index (χ4v) is 3.62. The van der Waals surface area contributed by atoms with E-state index in [0.717, 1.165) is 25.4 Å². The maximum absolute atomic E-state index is 5.51. The molecule has 1 saturated carbocycles. The molecule has 0 aromatic heterocycles. The molecule has 1 aromatic rings. The van der Waals surface area contributed by atoms with E-state index in [1.165, 1.54) is 37.8 Å². The van der Waals surface area contributed by atoms with Crippen LogP contribution in [0.1, 0.15) is 39.0 Å². The van der Waals surface area contributed by atoms with Gasteiger partial charge in [-0.15, -0.1) is 0 Å². The summed E-state index contributed by atoms with van der Waals surface area (Å²) in [6, 6.07) is 8.32. The van der Waals surface area contributed by atoms with Crippen LogP contribution in [0, 0.1) is 5.41 Å². The normalized spacial score (nSPS) is 17.5. The number of benzene rings is 1. The lowest BCUT2D eigenvalue weighted by Crippen LogP contribution is -2.44. The summed E-state index contributed by atoms with van der Waals surface area (Å²) in [7, 11) is 3.95. The first-order valence-corrected chi connectivity index (χ1v) is 8.26. The molecule has 0 aliphatic heterocycles. The average Bonchev–Trinajstić information content (AvgIpc) is 2.53. The zero-order chi connectivity index (χ0) is 15.1. The Balaban J connectivity index is 2.11. The van der Waals surface area contributed by atoms with Crippen molar-refractivity contribution in [2.24, 2.45) is 5.41 Å². The highest BCUT2D eigenvalue weighted by Crippen LogP contribution is 2.38. The summed E-state index contributed by atoms with van der Waals surface area (Å²) in [6.07, 6.45) is 6.79. The van der Waals surface area contributed by atoms with Gasteiger partial charge >= 0.3 is 0 Å². The Morgan fingerprint density at radius 1 is 1.19 bits per heavy atom. The number of hydrogen-bond donors (Lipinski definition) is 1. The van der Waals surface area contributed by atoms with Gasteiger partial charge in [-0.05, 0) is 31.5 Å². The van der Waals surface area contributed by atoms with E-state index in [1.54, 1.807) is 7.11 Å². The number of anilines is 1. The lowest BCUT2D eigenvalue weighted by Gasteiger charge is -2.41. The van der Waals surface area contributed by atoms with E-state index in [4.69, 9.17) is 4.74 Å². The first-order chi connectivity index (χ1) is 10.2. The molecular formula is C18H30N2O. The highest BCUT2D eigenvalue weighted by Gasteiger charge is 2.33. The predicted molar refractivity (Wildman–Crippen MR) is 90.3 cm³/mol. The van der Waals surface area contributed by atoms with Crippen molar-refractivity contribution in [3.05, 3.63) is 24.3 Å². The minimum absolute atomic E-state index is 0.407. The molecule has 0 radical (unpaired) electrons. The second kappa shape index (κ2) is 7.69. The molecule has 1 aromatic carbocycles. The number of ether oxygens (including phenoxy) is 1. The van der Waals surface area contributed by atoms with Crippen LogP contribution in [0.4, 0.5) is 5.69 Å². The molecule has 0 heterocycles. The average molecular weight is 290 g/mol. The molecule has 0 bridgehead atoms. The molecule has 0 atom stereocenters. The third-order valence-electron chi connectivity index (χ3n) is 4.73. The van der Waals surface area contributed by atoms with Crippen molar-refractivity contribution in [1.82, 2.24) is 5.32 Å². The molecule has 1 aliphatic carbocycles. The van der Waals surface area contributed by atoms with Crippen molar-refractivity contribution in [3.8, 4) is 5.75 Å². The first kappa shape index (κ1) is 16.2. The molecule has 0 saturated heterocycles. The zero-order valence-corrected chi connectivity index (χ0v) is 13.8. The summed E-state index contributed by atoms with van der Waals surface area (Å²) in [4.78, 5) is 2.38. The van der Waals surface area contributed by atoms with Gasteiger partial charge in [0.2, 0.25) is 0 Å². The number of nitrogens with one attached hydrogen (secondary N) is 1. The molecule has 1 aliphatic rings. The molecule has 0 unspecified atom stereocenters. The van der Waals surface area contributed by atoms with Crippen molar-refractivity contribution in [3.63, 3.8) is 0 Å². The third kappa shape index (κ3) is 4.13. The minimum atomic E-state index is 0.407. The lowest BCUT2D eigenvalue weighted by atomic mass is 9.73. The monoisotopic (exact) mass is 290 g/mol. The van der Waals surface area contributed by atoms with Gasteiger partial charge < -0.3 is 15.0 Å². The molecule has 0 amide bonds. The van der Waals surface area contributed by atoms with Crippen molar-refractivity contribution < 1.29 is 4.74 Å². The Kier molecular flexibility index (Phi) is 5.92. The summed E-state index contributed by atoms with van der Waals surface area (Å²) in [6.45, 7) is 5.48. The Labute approximate surface area is 129 Å². The quantitative estimate of drug-likeness (QED) is 0.829. The number of rotatable bonds is 7. The summed E-state index contributed by atoms with van der Waals surface area (Å²) >= 11 is 0. The maximum Gasteiger partial charge on any atom is 0.142 e. The van der Waals surface area contributed by atoms with E-state index in [1.807, 2.05) is 12.1 Å². The first-order valence-electron chi connectivity index (χ1n) is 8.26. The molecular weight excluding hydrogens is 260 g/mol. The van der Waals surface area contributed by atoms with Crippen LogP contribution >= 0.6 is 0 Å². The number of methoxy groups -OCH3 is 1. The smallest absolute Gasteiger partial charge is 0.142 e. The van der Waals surface area contributed by atoms with Gasteiger partial charge in [-0.25, -0.2) is 0 Å². The molecule has 1 N–H and O–H groups in total. The van der Waals surface area contributed by atoms with Gasteiger partial charge in [-0.1, -0.05) is 38.3 Å². The number of hydrogen-bond acceptors (Lipinski definition) is 3. The van der Waals surface area contributed by atoms with E-state index in [9.17, 15) is 0 Å². The second-order valence-electron chi connectivity index (χ2n) is 6.37. The molecule has 1 fully saturated rings. The maximum atomic E-state index is 5.51. The van der Waals surface area contributed by atoms with Crippen molar-refractivity contribution in [2.75, 3.05) is 38.7 Å². The van der Waals surface area contributed by atoms with Crippen LogP contribution in [0.15, 0.2) is 24.3 Å². The Morgan fingerprint density at radius 3 is 2.57 bits per heavy atom. The van der Waals surface area contributed by atoms with Crippen LogP contribution in [0.25, 0.3) is 0 Å². The largest absolute Gasteiger partial charge is 0.495 e. The van der Waals surface area contributed by atoms with Gasteiger partial charge in [-0.3, -0.25) is 0 Å². The highest BCUT2D eigenvalue weighted by molar-refractivity contribution is 5.58. The number of nitrogens with zero attached hydrogens (tertiary/aromatic N) is 1. The second-order valence-corrected chi connectivity index (χ2v) is 6.37. The van der Waals surface area contributed by atoms with Crippen LogP contribution in [-0.2, 0) is 0 Å². The zero-order valence-electron chi connectivity index (χ0n) is 13.8. The molecule has 0 spiro atoms. The van der Waals surface area contributed by atoms with E-state index < -0.39 is 0 Å². The van der Waals surface area contributed by atoms with Crippen LogP contribution in [0.3, 0.4) is 0 Å². The summed E-state index contributed by atoms with van der Waals surface area (Å²) in [5.74, 6) is 0.967. The minimum Gasteiger partial charge on any atom is -0.495 e. The third-order valence-corrected chi connectivity index (χ3v) is 4.73. The van der Waals surface area contributed by atoms with Gasteiger partial charge in [0.15, 0.2) is 0 Å². The van der Waals surface area contributed by atoms with Gasteiger partial charge in [0.05, 0.1) is 12.8 Å². The van der Waals surface area contributed by atoms with Crippen LogP contribution in [0.2, 0.25) is 0 Å². The van der Waals surface area contributed by atoms with E-state index in [0.29, 0.717) is 5.41 Å². The highest BCUT2D eigenvalue weighted by atomic mass is 16.5. The van der Waals surface area contributed by atoms with Crippen LogP contribution in [0.5, 0.6) is 5.75 Å². The Hall–Kier alpha value is -1.22. The van der Waals surface area contributed by atoms with Gasteiger partial charge in [-0.2, -0.15) is 0 Å². The van der Waals surface area contributed by atoms with Crippen molar-refractivity contribution in [2.45, 2.75) is 39.0 Å². The van der Waals surface area contributed by atoms with Crippen LogP contribution < -0.4 is 15.0 Å². The van der Waals surface area contributed by atoms with Crippen molar-refractivity contribution >= 4 is 5.69 Å². The Morgan fingerprint density at radius 2 is 1.90 bits per heavy atom.